The third kappa shape index (κ3) is 2.99. The number of nitrogens with zero attached hydrogens (tertiary/aromatic N) is 3. The summed E-state index contributed by atoms with van der Waals surface area (Å²) in [6, 6.07) is 17.7. The first-order valence-corrected chi connectivity index (χ1v) is 8.56. The highest BCUT2D eigenvalue weighted by atomic mass is 16.3. The molecular weight excluding hydrogens is 356 g/mol. The van der Waals surface area contributed by atoms with Crippen LogP contribution in [0.15, 0.2) is 70.6 Å². The van der Waals surface area contributed by atoms with Gasteiger partial charge in [-0.2, -0.15) is 10.2 Å². The normalized spacial score (nSPS) is 11.3. The second kappa shape index (κ2) is 6.96. The average molecular weight is 372 g/mol. The Balaban J connectivity index is 1.68. The first-order chi connectivity index (χ1) is 13.6. The number of aryl methyl sites for hydroxylation is 1. The lowest BCUT2D eigenvalue weighted by Gasteiger charge is -2.07. The van der Waals surface area contributed by atoms with Crippen molar-refractivity contribution in [2.45, 2.75) is 0 Å². The molecular formula is C21H16N4O3. The van der Waals surface area contributed by atoms with Crippen LogP contribution >= 0.6 is 0 Å². The molecule has 0 saturated carbocycles. The van der Waals surface area contributed by atoms with Crippen LogP contribution in [0.3, 0.4) is 0 Å². The van der Waals surface area contributed by atoms with Gasteiger partial charge in [-0.1, -0.05) is 48.5 Å². The average Bonchev–Trinajstić information content (AvgIpc) is 2.72. The van der Waals surface area contributed by atoms with Gasteiger partial charge in [-0.05, 0) is 22.9 Å². The molecule has 2 N–H and O–H groups in total. The van der Waals surface area contributed by atoms with Gasteiger partial charge in [0.25, 0.3) is 11.5 Å². The molecule has 4 aromatic rings. The zero-order valence-corrected chi connectivity index (χ0v) is 15.0. The second-order valence-electron chi connectivity index (χ2n) is 6.24. The largest absolute Gasteiger partial charge is 0.507 e. The van der Waals surface area contributed by atoms with Gasteiger partial charge >= 0.3 is 0 Å². The number of hydrazone groups is 1. The highest BCUT2D eigenvalue weighted by Crippen LogP contribution is 2.25. The molecule has 0 saturated heterocycles. The maximum atomic E-state index is 12.6. The minimum absolute atomic E-state index is 0.0578. The number of nitrogens with one attached hydrogen (secondary N) is 1. The van der Waals surface area contributed by atoms with E-state index in [1.807, 2.05) is 24.3 Å². The molecule has 1 heterocycles. The van der Waals surface area contributed by atoms with Crippen LogP contribution < -0.4 is 11.0 Å². The fraction of sp³-hybridized carbons (Fsp3) is 0.0476. The Morgan fingerprint density at radius 2 is 1.71 bits per heavy atom. The molecule has 0 aliphatic rings. The zero-order valence-electron chi connectivity index (χ0n) is 15.0. The number of hydrogen-bond donors (Lipinski definition) is 2. The quantitative estimate of drug-likeness (QED) is 0.427. The van der Waals surface area contributed by atoms with E-state index >= 15 is 0 Å². The maximum Gasteiger partial charge on any atom is 0.292 e. The van der Waals surface area contributed by atoms with Crippen molar-refractivity contribution in [2.24, 2.45) is 12.1 Å². The van der Waals surface area contributed by atoms with Gasteiger partial charge in [-0.15, -0.1) is 0 Å². The summed E-state index contributed by atoms with van der Waals surface area (Å²) in [4.78, 5) is 24.8. The van der Waals surface area contributed by atoms with Crippen LogP contribution in [-0.2, 0) is 7.05 Å². The number of phenolic OH excluding ortho intramolecular Hbond substituents is 1. The Kier molecular flexibility index (Phi) is 4.33. The number of fused-ring (bicyclic) bond motifs is 2. The van der Waals surface area contributed by atoms with Crippen LogP contribution in [-0.4, -0.2) is 27.0 Å². The molecule has 1 aromatic heterocycles. The smallest absolute Gasteiger partial charge is 0.292 e. The van der Waals surface area contributed by atoms with Crippen LogP contribution in [0.4, 0.5) is 0 Å². The molecule has 0 radical (unpaired) electrons. The molecule has 1 amide bonds. The second-order valence-corrected chi connectivity index (χ2v) is 6.24. The third-order valence-electron chi connectivity index (χ3n) is 4.48. The topological polar surface area (TPSA) is 96.6 Å². The summed E-state index contributed by atoms with van der Waals surface area (Å²) in [5, 5.41) is 20.8. The van der Waals surface area contributed by atoms with Crippen LogP contribution in [0.25, 0.3) is 21.5 Å². The number of aromatic hydroxyl groups is 1. The van der Waals surface area contributed by atoms with Gasteiger partial charge in [0.1, 0.15) is 5.75 Å². The van der Waals surface area contributed by atoms with Crippen molar-refractivity contribution >= 4 is 33.7 Å². The minimum atomic E-state index is -0.553. The van der Waals surface area contributed by atoms with Crippen molar-refractivity contribution in [3.05, 3.63) is 82.3 Å². The molecule has 0 unspecified atom stereocenters. The Hall–Kier alpha value is -4.00. The van der Waals surface area contributed by atoms with Crippen LogP contribution in [0, 0.1) is 0 Å². The molecule has 0 aliphatic heterocycles. The van der Waals surface area contributed by atoms with Gasteiger partial charge in [0.15, 0.2) is 5.69 Å². The van der Waals surface area contributed by atoms with Crippen molar-refractivity contribution in [1.29, 1.82) is 0 Å². The molecule has 0 aliphatic carbocycles. The van der Waals surface area contributed by atoms with E-state index in [0.717, 1.165) is 15.5 Å². The van der Waals surface area contributed by atoms with Crippen molar-refractivity contribution in [2.75, 3.05) is 0 Å². The fourth-order valence-electron chi connectivity index (χ4n) is 3.10. The molecule has 28 heavy (non-hydrogen) atoms. The zero-order chi connectivity index (χ0) is 19.7. The number of amides is 1. The van der Waals surface area contributed by atoms with Crippen molar-refractivity contribution in [3.8, 4) is 5.75 Å². The van der Waals surface area contributed by atoms with E-state index < -0.39 is 5.91 Å². The Morgan fingerprint density at radius 1 is 1.04 bits per heavy atom. The minimum Gasteiger partial charge on any atom is -0.507 e. The van der Waals surface area contributed by atoms with E-state index in [2.05, 4.69) is 15.6 Å². The molecule has 4 rings (SSSR count). The fourth-order valence-corrected chi connectivity index (χ4v) is 3.10. The maximum absolute atomic E-state index is 12.6. The summed E-state index contributed by atoms with van der Waals surface area (Å²) in [5.74, 6) is -0.495. The lowest BCUT2D eigenvalue weighted by molar-refractivity contribution is 0.0950. The first-order valence-electron chi connectivity index (χ1n) is 8.56. The molecule has 138 valence electrons. The molecule has 3 aromatic carbocycles. The predicted octanol–water partition coefficient (Wildman–Crippen LogP) is 2.56. The lowest BCUT2D eigenvalue weighted by atomic mass is 10.0. The molecule has 0 fully saturated rings. The van der Waals surface area contributed by atoms with Crippen molar-refractivity contribution in [1.82, 2.24) is 15.2 Å². The lowest BCUT2D eigenvalue weighted by Crippen LogP contribution is -2.27. The number of hydrogen-bond acceptors (Lipinski definition) is 5. The molecule has 7 nitrogen and oxygen atoms in total. The monoisotopic (exact) mass is 372 g/mol. The van der Waals surface area contributed by atoms with Gasteiger partial charge in [-0.3, -0.25) is 9.59 Å². The van der Waals surface area contributed by atoms with Crippen LogP contribution in [0.2, 0.25) is 0 Å². The van der Waals surface area contributed by atoms with E-state index in [-0.39, 0.29) is 17.0 Å². The SMILES string of the molecule is Cn1nc(C(=O)N/N=C/c2c(O)ccc3ccccc23)c2ccccc2c1=O. The molecule has 7 heteroatoms. The number of carbonyl (C=O) groups excluding carboxylic acids is 1. The molecule has 0 spiro atoms. The molecule has 0 bridgehead atoms. The van der Waals surface area contributed by atoms with Crippen LogP contribution in [0.1, 0.15) is 16.1 Å². The summed E-state index contributed by atoms with van der Waals surface area (Å²) in [7, 11) is 1.49. The molecule has 0 atom stereocenters. The Bertz CT molecular complexity index is 1310. The van der Waals surface area contributed by atoms with E-state index in [0.29, 0.717) is 16.3 Å². The van der Waals surface area contributed by atoms with E-state index in [9.17, 15) is 14.7 Å². The third-order valence-corrected chi connectivity index (χ3v) is 4.48. The van der Waals surface area contributed by atoms with Crippen LogP contribution in [0.5, 0.6) is 5.75 Å². The number of phenols is 1. The van der Waals surface area contributed by atoms with Gasteiger partial charge in [-0.25, -0.2) is 10.1 Å². The summed E-state index contributed by atoms with van der Waals surface area (Å²) < 4.78 is 1.12. The first kappa shape index (κ1) is 17.4. The Labute approximate surface area is 159 Å². The van der Waals surface area contributed by atoms with Crippen molar-refractivity contribution < 1.29 is 9.90 Å². The summed E-state index contributed by atoms with van der Waals surface area (Å²) in [5.41, 5.74) is 2.73. The highest BCUT2D eigenvalue weighted by molar-refractivity contribution is 6.06. The van der Waals surface area contributed by atoms with Gasteiger partial charge in [0.2, 0.25) is 0 Å². The highest BCUT2D eigenvalue weighted by Gasteiger charge is 2.15. The van der Waals surface area contributed by atoms with Gasteiger partial charge in [0.05, 0.1) is 11.6 Å². The Morgan fingerprint density at radius 3 is 2.50 bits per heavy atom. The standard InChI is InChI=1S/C21H16N4O3/c1-25-21(28)16-9-5-4-8-15(16)19(24-25)20(27)23-22-12-17-14-7-3-2-6-13(14)10-11-18(17)26/h2-12,26H,1H3,(H,23,27)/b22-12+. The van der Waals surface area contributed by atoms with E-state index in [1.165, 1.54) is 13.3 Å². The number of rotatable bonds is 3. The number of aromatic nitrogens is 2. The predicted molar refractivity (Wildman–Crippen MR) is 108 cm³/mol. The summed E-state index contributed by atoms with van der Waals surface area (Å²) >= 11 is 0. The van der Waals surface area contributed by atoms with E-state index in [4.69, 9.17) is 0 Å². The number of benzene rings is 3. The summed E-state index contributed by atoms with van der Waals surface area (Å²) in [6.45, 7) is 0. The van der Waals surface area contributed by atoms with Gasteiger partial charge in [0, 0.05) is 18.0 Å². The van der Waals surface area contributed by atoms with E-state index in [1.54, 1.807) is 36.4 Å². The number of carbonyl (C=O) groups is 1. The summed E-state index contributed by atoms with van der Waals surface area (Å²) in [6.07, 6.45) is 1.39. The van der Waals surface area contributed by atoms with Crippen molar-refractivity contribution in [3.63, 3.8) is 0 Å². The van der Waals surface area contributed by atoms with Gasteiger partial charge < -0.3 is 5.11 Å².